The Morgan fingerprint density at radius 1 is 1.09 bits per heavy atom. The average Bonchev–Trinajstić information content (AvgIpc) is 3.00. The number of H-pyrrole nitrogens is 1. The summed E-state index contributed by atoms with van der Waals surface area (Å²) < 4.78 is 0. The molecule has 3 rings (SSSR count). The zero-order valence-electron chi connectivity index (χ0n) is 12.3. The van der Waals surface area contributed by atoms with Crippen LogP contribution in [0.1, 0.15) is 29.3 Å². The van der Waals surface area contributed by atoms with Crippen LogP contribution in [-0.2, 0) is 0 Å². The lowest BCUT2D eigenvalue weighted by molar-refractivity contribution is 0.0956. The van der Waals surface area contributed by atoms with E-state index in [4.69, 9.17) is 0 Å². The minimum absolute atomic E-state index is 0.209. The average molecular weight is 291 g/mol. The number of amides is 1. The van der Waals surface area contributed by atoms with E-state index in [1.807, 2.05) is 61.5 Å². The van der Waals surface area contributed by atoms with Gasteiger partial charge in [0.2, 0.25) is 0 Å². The first-order chi connectivity index (χ1) is 10.8. The molecule has 0 aliphatic rings. The lowest BCUT2D eigenvalue weighted by atomic mass is 10.1. The Bertz CT molecular complexity index is 818. The first-order valence-corrected chi connectivity index (χ1v) is 7.28. The number of carbonyl (C=O) groups excluding carboxylic acids is 1. The first-order valence-electron chi connectivity index (χ1n) is 7.28. The molecule has 0 fully saturated rings. The smallest absolute Gasteiger partial charge is 0.273 e. The number of nitrogens with one attached hydrogen (secondary N) is 2. The third-order valence-electron chi connectivity index (χ3n) is 3.57. The summed E-state index contributed by atoms with van der Waals surface area (Å²) in [5.74, 6) is -0.209. The molecule has 1 heterocycles. The maximum absolute atomic E-state index is 12.3. The Morgan fingerprint density at radius 2 is 1.82 bits per heavy atom. The second-order valence-electron chi connectivity index (χ2n) is 4.97. The maximum atomic E-state index is 12.3. The SMILES string of the molecule is CCC(=NNC(=O)c1c[nH]c2ccccc12)c1ccccc1. The third kappa shape index (κ3) is 2.76. The van der Waals surface area contributed by atoms with Gasteiger partial charge in [-0.05, 0) is 18.1 Å². The lowest BCUT2D eigenvalue weighted by Crippen LogP contribution is -2.19. The van der Waals surface area contributed by atoms with Crippen LogP contribution in [0, 0.1) is 0 Å². The van der Waals surface area contributed by atoms with Crippen LogP contribution in [-0.4, -0.2) is 16.6 Å². The van der Waals surface area contributed by atoms with Crippen molar-refractivity contribution in [1.29, 1.82) is 0 Å². The number of aromatic nitrogens is 1. The zero-order valence-corrected chi connectivity index (χ0v) is 12.3. The van der Waals surface area contributed by atoms with E-state index >= 15 is 0 Å². The number of hydrogen-bond donors (Lipinski definition) is 2. The largest absolute Gasteiger partial charge is 0.360 e. The molecular weight excluding hydrogens is 274 g/mol. The second kappa shape index (κ2) is 6.26. The number of fused-ring (bicyclic) bond motifs is 1. The molecule has 0 aliphatic heterocycles. The Kier molecular flexibility index (Phi) is 4.01. The normalized spacial score (nSPS) is 11.6. The lowest BCUT2D eigenvalue weighted by Gasteiger charge is -2.04. The van der Waals surface area contributed by atoms with Gasteiger partial charge in [-0.2, -0.15) is 5.10 Å². The molecule has 1 aromatic heterocycles. The van der Waals surface area contributed by atoms with Crippen molar-refractivity contribution in [2.24, 2.45) is 5.10 Å². The summed E-state index contributed by atoms with van der Waals surface area (Å²) in [6.45, 7) is 2.02. The molecule has 0 bridgehead atoms. The van der Waals surface area contributed by atoms with Gasteiger partial charge < -0.3 is 4.98 Å². The quantitative estimate of drug-likeness (QED) is 0.558. The van der Waals surface area contributed by atoms with Gasteiger partial charge in [-0.15, -0.1) is 0 Å². The van der Waals surface area contributed by atoms with Crippen molar-refractivity contribution in [1.82, 2.24) is 10.4 Å². The van der Waals surface area contributed by atoms with Crippen LogP contribution in [0.25, 0.3) is 10.9 Å². The number of para-hydroxylation sites is 1. The number of aromatic amines is 1. The van der Waals surface area contributed by atoms with Crippen LogP contribution in [0.3, 0.4) is 0 Å². The number of benzene rings is 2. The molecule has 0 unspecified atom stereocenters. The van der Waals surface area contributed by atoms with Gasteiger partial charge in [-0.1, -0.05) is 55.5 Å². The van der Waals surface area contributed by atoms with Gasteiger partial charge in [-0.3, -0.25) is 4.79 Å². The van der Waals surface area contributed by atoms with Gasteiger partial charge in [0, 0.05) is 17.1 Å². The van der Waals surface area contributed by atoms with Gasteiger partial charge in [0.15, 0.2) is 0 Å². The molecule has 1 amide bonds. The van der Waals surface area contributed by atoms with E-state index in [0.717, 1.165) is 28.6 Å². The van der Waals surface area contributed by atoms with E-state index in [2.05, 4.69) is 15.5 Å². The van der Waals surface area contributed by atoms with E-state index in [9.17, 15) is 4.79 Å². The number of hydrogen-bond acceptors (Lipinski definition) is 2. The van der Waals surface area contributed by atoms with Gasteiger partial charge in [0.1, 0.15) is 0 Å². The standard InChI is InChI=1S/C18H17N3O/c1-2-16(13-8-4-3-5-9-13)20-21-18(22)15-12-19-17-11-7-6-10-14(15)17/h3-12,19H,2H2,1H3,(H,21,22). The Morgan fingerprint density at radius 3 is 2.59 bits per heavy atom. The molecular formula is C18H17N3O. The zero-order chi connectivity index (χ0) is 15.4. The molecule has 0 saturated heterocycles. The fourth-order valence-electron chi connectivity index (χ4n) is 2.42. The fourth-order valence-corrected chi connectivity index (χ4v) is 2.42. The van der Waals surface area contributed by atoms with E-state index in [1.165, 1.54) is 0 Å². The van der Waals surface area contributed by atoms with Crippen LogP contribution in [0.2, 0.25) is 0 Å². The van der Waals surface area contributed by atoms with E-state index in [1.54, 1.807) is 6.20 Å². The summed E-state index contributed by atoms with van der Waals surface area (Å²) in [6, 6.07) is 17.6. The number of hydrazone groups is 1. The number of carbonyl (C=O) groups is 1. The molecule has 22 heavy (non-hydrogen) atoms. The van der Waals surface area contributed by atoms with E-state index < -0.39 is 0 Å². The molecule has 0 saturated carbocycles. The van der Waals surface area contributed by atoms with Gasteiger partial charge in [-0.25, -0.2) is 5.43 Å². The highest BCUT2D eigenvalue weighted by molar-refractivity contribution is 6.07. The summed E-state index contributed by atoms with van der Waals surface area (Å²) in [5.41, 5.74) is 6.07. The topological polar surface area (TPSA) is 57.2 Å². The van der Waals surface area contributed by atoms with Crippen LogP contribution < -0.4 is 5.43 Å². The highest BCUT2D eigenvalue weighted by Gasteiger charge is 2.11. The van der Waals surface area contributed by atoms with Gasteiger partial charge in [0.25, 0.3) is 5.91 Å². The van der Waals surface area contributed by atoms with Crippen LogP contribution >= 0.6 is 0 Å². The van der Waals surface area contributed by atoms with Gasteiger partial charge >= 0.3 is 0 Å². The summed E-state index contributed by atoms with van der Waals surface area (Å²) >= 11 is 0. The molecule has 0 aliphatic carbocycles. The van der Waals surface area contributed by atoms with Crippen molar-refractivity contribution >= 4 is 22.5 Å². The molecule has 4 heteroatoms. The van der Waals surface area contributed by atoms with E-state index in [0.29, 0.717) is 5.56 Å². The van der Waals surface area contributed by atoms with Crippen molar-refractivity contribution in [2.75, 3.05) is 0 Å². The molecule has 2 N–H and O–H groups in total. The van der Waals surface area contributed by atoms with Crippen LogP contribution in [0.15, 0.2) is 65.9 Å². The summed E-state index contributed by atoms with van der Waals surface area (Å²) in [7, 11) is 0. The number of rotatable bonds is 4. The Hall–Kier alpha value is -2.88. The van der Waals surface area contributed by atoms with Crippen molar-refractivity contribution < 1.29 is 4.79 Å². The fraction of sp³-hybridized carbons (Fsp3) is 0.111. The van der Waals surface area contributed by atoms with Crippen molar-refractivity contribution in [2.45, 2.75) is 13.3 Å². The highest BCUT2D eigenvalue weighted by atomic mass is 16.2. The van der Waals surface area contributed by atoms with E-state index in [-0.39, 0.29) is 5.91 Å². The minimum Gasteiger partial charge on any atom is -0.360 e. The van der Waals surface area contributed by atoms with Crippen molar-refractivity contribution in [3.63, 3.8) is 0 Å². The molecule has 4 nitrogen and oxygen atoms in total. The van der Waals surface area contributed by atoms with Gasteiger partial charge in [0.05, 0.1) is 11.3 Å². The first kappa shape index (κ1) is 14.1. The predicted octanol–water partition coefficient (Wildman–Crippen LogP) is 3.71. The number of nitrogens with zero attached hydrogens (tertiary/aromatic N) is 1. The molecule has 0 radical (unpaired) electrons. The highest BCUT2D eigenvalue weighted by Crippen LogP contribution is 2.17. The molecule has 110 valence electrons. The summed E-state index contributed by atoms with van der Waals surface area (Å²) in [5, 5.41) is 5.17. The predicted molar refractivity (Wildman–Crippen MR) is 89.0 cm³/mol. The summed E-state index contributed by atoms with van der Waals surface area (Å²) in [4.78, 5) is 15.4. The third-order valence-corrected chi connectivity index (χ3v) is 3.57. The van der Waals surface area contributed by atoms with Crippen molar-refractivity contribution in [3.05, 3.63) is 71.9 Å². The molecule has 0 atom stereocenters. The Balaban J connectivity index is 1.83. The summed E-state index contributed by atoms with van der Waals surface area (Å²) in [6.07, 6.45) is 2.46. The monoisotopic (exact) mass is 291 g/mol. The maximum Gasteiger partial charge on any atom is 0.273 e. The minimum atomic E-state index is -0.209. The molecule has 0 spiro atoms. The van der Waals surface area contributed by atoms with Crippen molar-refractivity contribution in [3.8, 4) is 0 Å². The van der Waals surface area contributed by atoms with Crippen LogP contribution in [0.4, 0.5) is 0 Å². The van der Waals surface area contributed by atoms with Crippen LogP contribution in [0.5, 0.6) is 0 Å². The Labute approximate surface area is 128 Å². The molecule has 3 aromatic rings. The second-order valence-corrected chi connectivity index (χ2v) is 4.97. The molecule has 2 aromatic carbocycles.